The van der Waals surface area contributed by atoms with Crippen LogP contribution in [0.3, 0.4) is 0 Å². The molecular weight excluding hydrogens is 166 g/mol. The highest BCUT2D eigenvalue weighted by atomic mass is 16.2. The van der Waals surface area contributed by atoms with Crippen LogP contribution in [0, 0.1) is 0 Å². The van der Waals surface area contributed by atoms with Gasteiger partial charge >= 0.3 is 6.03 Å². The van der Waals surface area contributed by atoms with E-state index in [1.165, 1.54) is 6.34 Å². The number of para-hydroxylation sites is 1. The Morgan fingerprint density at radius 1 is 1.38 bits per heavy atom. The number of aliphatic imine (C=N–C) groups is 1. The number of nitrogens with one attached hydrogen (secondary N) is 2. The third-order valence-corrected chi connectivity index (χ3v) is 1.36. The molecule has 2 N–H and O–H groups in total. The van der Waals surface area contributed by atoms with Crippen molar-refractivity contribution in [2.45, 2.75) is 0 Å². The Balaban J connectivity index is 2.46. The molecule has 0 fully saturated rings. The van der Waals surface area contributed by atoms with E-state index in [4.69, 9.17) is 0 Å². The molecule has 0 saturated carbocycles. The van der Waals surface area contributed by atoms with Gasteiger partial charge in [-0.15, -0.1) is 0 Å². The molecule has 0 saturated heterocycles. The Morgan fingerprint density at radius 3 is 2.69 bits per heavy atom. The van der Waals surface area contributed by atoms with Gasteiger partial charge in [0.25, 0.3) is 0 Å². The molecule has 0 radical (unpaired) electrons. The van der Waals surface area contributed by atoms with E-state index in [0.717, 1.165) is 5.69 Å². The first-order chi connectivity index (χ1) is 6.33. The van der Waals surface area contributed by atoms with Crippen LogP contribution in [0.15, 0.2) is 35.3 Å². The van der Waals surface area contributed by atoms with E-state index in [0.29, 0.717) is 0 Å². The van der Waals surface area contributed by atoms with E-state index in [9.17, 15) is 4.79 Å². The molecule has 0 aliphatic rings. The van der Waals surface area contributed by atoms with Gasteiger partial charge in [-0.2, -0.15) is 0 Å². The topological polar surface area (TPSA) is 53.5 Å². The molecule has 4 nitrogen and oxygen atoms in total. The Labute approximate surface area is 76.7 Å². The Hall–Kier alpha value is -1.84. The second-order valence-electron chi connectivity index (χ2n) is 2.35. The lowest BCUT2D eigenvalue weighted by molar-refractivity contribution is 0.256. The molecule has 4 heteroatoms. The highest BCUT2D eigenvalue weighted by molar-refractivity contribution is 5.96. The Kier molecular flexibility index (Phi) is 3.50. The summed E-state index contributed by atoms with van der Waals surface area (Å²) >= 11 is 0. The number of urea groups is 1. The molecule has 1 aromatic rings. The van der Waals surface area contributed by atoms with Crippen LogP contribution < -0.4 is 10.6 Å². The second kappa shape index (κ2) is 4.92. The summed E-state index contributed by atoms with van der Waals surface area (Å²) in [5.74, 6) is 0. The maximum absolute atomic E-state index is 11.1. The second-order valence-corrected chi connectivity index (χ2v) is 2.35. The van der Waals surface area contributed by atoms with Gasteiger partial charge in [0.05, 0.1) is 6.34 Å². The zero-order valence-electron chi connectivity index (χ0n) is 7.32. The largest absolute Gasteiger partial charge is 0.324 e. The van der Waals surface area contributed by atoms with Crippen molar-refractivity contribution in [3.63, 3.8) is 0 Å². The van der Waals surface area contributed by atoms with Gasteiger partial charge in [-0.1, -0.05) is 18.2 Å². The van der Waals surface area contributed by atoms with Crippen LogP contribution in [0.4, 0.5) is 10.5 Å². The number of rotatable bonds is 2. The minimum Gasteiger partial charge on any atom is -0.308 e. The number of amides is 2. The molecule has 0 aliphatic heterocycles. The summed E-state index contributed by atoms with van der Waals surface area (Å²) in [7, 11) is 1.59. The molecule has 13 heavy (non-hydrogen) atoms. The minimum atomic E-state index is -0.295. The van der Waals surface area contributed by atoms with Crippen LogP contribution in [0.25, 0.3) is 0 Å². The van der Waals surface area contributed by atoms with Crippen molar-refractivity contribution < 1.29 is 4.79 Å². The number of hydrogen-bond acceptors (Lipinski definition) is 2. The van der Waals surface area contributed by atoms with Crippen LogP contribution in [0.5, 0.6) is 0 Å². The van der Waals surface area contributed by atoms with Crippen molar-refractivity contribution in [3.8, 4) is 0 Å². The van der Waals surface area contributed by atoms with Gasteiger partial charge in [-0.3, -0.25) is 10.3 Å². The highest BCUT2D eigenvalue weighted by Gasteiger charge is 1.96. The van der Waals surface area contributed by atoms with Crippen molar-refractivity contribution >= 4 is 18.1 Å². The monoisotopic (exact) mass is 177 g/mol. The third-order valence-electron chi connectivity index (χ3n) is 1.36. The number of anilines is 1. The van der Waals surface area contributed by atoms with Gasteiger partial charge < -0.3 is 5.32 Å². The lowest BCUT2D eigenvalue weighted by Crippen LogP contribution is -2.27. The predicted octanol–water partition coefficient (Wildman–Crippen LogP) is 1.47. The van der Waals surface area contributed by atoms with Gasteiger partial charge in [0, 0.05) is 12.7 Å². The van der Waals surface area contributed by atoms with Gasteiger partial charge in [0.1, 0.15) is 0 Å². The number of carbonyl (C=O) groups excluding carboxylic acids is 1. The lowest BCUT2D eigenvalue weighted by Gasteiger charge is -2.02. The highest BCUT2D eigenvalue weighted by Crippen LogP contribution is 2.03. The average Bonchev–Trinajstić information content (AvgIpc) is 2.16. The SMILES string of the molecule is CN=CNC(=O)Nc1ccccc1. The third kappa shape index (κ3) is 3.37. The molecular formula is C9H11N3O. The number of carbonyl (C=O) groups is 1. The van der Waals surface area contributed by atoms with E-state index in [2.05, 4.69) is 15.6 Å². The van der Waals surface area contributed by atoms with E-state index in [1.54, 1.807) is 7.05 Å². The number of benzene rings is 1. The molecule has 0 bridgehead atoms. The molecule has 0 spiro atoms. The fourth-order valence-corrected chi connectivity index (χ4v) is 0.812. The number of hydrogen-bond donors (Lipinski definition) is 2. The van der Waals surface area contributed by atoms with Crippen LogP contribution in [0.1, 0.15) is 0 Å². The summed E-state index contributed by atoms with van der Waals surface area (Å²) in [5.41, 5.74) is 0.754. The zero-order valence-corrected chi connectivity index (χ0v) is 7.32. The van der Waals surface area contributed by atoms with Gasteiger partial charge in [-0.25, -0.2) is 4.79 Å². The summed E-state index contributed by atoms with van der Waals surface area (Å²) in [4.78, 5) is 14.7. The molecule has 68 valence electrons. The number of nitrogens with zero attached hydrogens (tertiary/aromatic N) is 1. The summed E-state index contributed by atoms with van der Waals surface area (Å²) in [5, 5.41) is 5.07. The van der Waals surface area contributed by atoms with Crippen molar-refractivity contribution in [2.75, 3.05) is 12.4 Å². The first-order valence-corrected chi connectivity index (χ1v) is 3.86. The fraction of sp³-hybridized carbons (Fsp3) is 0.111. The minimum absolute atomic E-state index is 0.295. The van der Waals surface area contributed by atoms with E-state index in [1.807, 2.05) is 30.3 Å². The maximum Gasteiger partial charge on any atom is 0.324 e. The van der Waals surface area contributed by atoms with Gasteiger partial charge in [-0.05, 0) is 12.1 Å². The first kappa shape index (κ1) is 9.25. The zero-order chi connectivity index (χ0) is 9.52. The summed E-state index contributed by atoms with van der Waals surface area (Å²) < 4.78 is 0. The van der Waals surface area contributed by atoms with E-state index < -0.39 is 0 Å². The van der Waals surface area contributed by atoms with Crippen LogP contribution >= 0.6 is 0 Å². The molecule has 0 aromatic heterocycles. The summed E-state index contributed by atoms with van der Waals surface area (Å²) in [6, 6.07) is 8.91. The van der Waals surface area contributed by atoms with Gasteiger partial charge in [0.2, 0.25) is 0 Å². The quantitative estimate of drug-likeness (QED) is 0.521. The van der Waals surface area contributed by atoms with Crippen LogP contribution in [-0.2, 0) is 0 Å². The molecule has 0 atom stereocenters. The molecule has 1 aromatic carbocycles. The summed E-state index contributed by atoms with van der Waals surface area (Å²) in [6.45, 7) is 0. The smallest absolute Gasteiger partial charge is 0.308 e. The Morgan fingerprint density at radius 2 is 2.08 bits per heavy atom. The van der Waals surface area contributed by atoms with Crippen LogP contribution in [0.2, 0.25) is 0 Å². The maximum atomic E-state index is 11.1. The first-order valence-electron chi connectivity index (χ1n) is 3.86. The molecule has 1 rings (SSSR count). The van der Waals surface area contributed by atoms with Crippen molar-refractivity contribution in [1.29, 1.82) is 0 Å². The molecule has 0 unspecified atom stereocenters. The Bertz CT molecular complexity index is 295. The molecule has 0 heterocycles. The predicted molar refractivity (Wildman–Crippen MR) is 53.0 cm³/mol. The van der Waals surface area contributed by atoms with Crippen molar-refractivity contribution in [3.05, 3.63) is 30.3 Å². The van der Waals surface area contributed by atoms with E-state index in [-0.39, 0.29) is 6.03 Å². The average molecular weight is 177 g/mol. The van der Waals surface area contributed by atoms with Crippen LogP contribution in [-0.4, -0.2) is 19.4 Å². The lowest BCUT2D eigenvalue weighted by atomic mass is 10.3. The van der Waals surface area contributed by atoms with E-state index >= 15 is 0 Å². The molecule has 2 amide bonds. The van der Waals surface area contributed by atoms with Crippen molar-refractivity contribution in [2.24, 2.45) is 4.99 Å². The normalized spacial score (nSPS) is 9.92. The van der Waals surface area contributed by atoms with Gasteiger partial charge in [0.15, 0.2) is 0 Å². The molecule has 0 aliphatic carbocycles. The standard InChI is InChI=1S/C9H11N3O/c1-10-7-11-9(13)12-8-5-3-2-4-6-8/h2-7H,1H3,(H2,10,11,12,13). The summed E-state index contributed by atoms with van der Waals surface area (Å²) in [6.07, 6.45) is 1.33. The fourth-order valence-electron chi connectivity index (χ4n) is 0.812. The van der Waals surface area contributed by atoms with Crippen molar-refractivity contribution in [1.82, 2.24) is 5.32 Å².